The molecule has 1 aromatic rings. The summed E-state index contributed by atoms with van der Waals surface area (Å²) in [5, 5.41) is 3.14. The zero-order chi connectivity index (χ0) is 13.9. The van der Waals surface area contributed by atoms with Gasteiger partial charge in [-0.15, -0.1) is 0 Å². The predicted molar refractivity (Wildman–Crippen MR) is 77.0 cm³/mol. The maximum absolute atomic E-state index is 5.83. The predicted octanol–water partition coefficient (Wildman–Crippen LogP) is 2.61. The fourth-order valence-electron chi connectivity index (χ4n) is 1.77. The number of para-hydroxylation sites is 1. The molecule has 1 rings (SSSR count). The second kappa shape index (κ2) is 9.64. The number of benzene rings is 1. The van der Waals surface area contributed by atoms with Gasteiger partial charge in [0, 0.05) is 18.7 Å². The van der Waals surface area contributed by atoms with Crippen LogP contribution < -0.4 is 14.8 Å². The molecule has 4 nitrogen and oxygen atoms in total. The minimum Gasteiger partial charge on any atom is -0.490 e. The molecule has 0 amide bonds. The van der Waals surface area contributed by atoms with E-state index in [4.69, 9.17) is 14.2 Å². The summed E-state index contributed by atoms with van der Waals surface area (Å²) < 4.78 is 16.9. The third-order valence-corrected chi connectivity index (χ3v) is 2.55. The van der Waals surface area contributed by atoms with Crippen LogP contribution in [-0.4, -0.2) is 33.5 Å². The first kappa shape index (κ1) is 15.8. The van der Waals surface area contributed by atoms with Crippen molar-refractivity contribution in [2.75, 3.05) is 33.5 Å². The molecule has 0 bridgehead atoms. The van der Waals surface area contributed by atoms with Crippen molar-refractivity contribution in [2.45, 2.75) is 26.8 Å². The second-order valence-corrected chi connectivity index (χ2v) is 4.17. The highest BCUT2D eigenvalue weighted by atomic mass is 16.5. The van der Waals surface area contributed by atoms with Crippen molar-refractivity contribution < 1.29 is 14.2 Å². The maximum atomic E-state index is 5.83. The molecule has 0 atom stereocenters. The van der Waals surface area contributed by atoms with Crippen LogP contribution in [0.25, 0.3) is 0 Å². The first-order chi connectivity index (χ1) is 9.33. The molecule has 19 heavy (non-hydrogen) atoms. The van der Waals surface area contributed by atoms with Crippen LogP contribution in [0.5, 0.6) is 11.5 Å². The lowest BCUT2D eigenvalue weighted by Crippen LogP contribution is -2.12. The van der Waals surface area contributed by atoms with Gasteiger partial charge in [0.25, 0.3) is 0 Å². The van der Waals surface area contributed by atoms with E-state index in [2.05, 4.69) is 12.2 Å². The van der Waals surface area contributed by atoms with Gasteiger partial charge in [-0.3, -0.25) is 0 Å². The number of hydrogen-bond acceptors (Lipinski definition) is 4. The van der Waals surface area contributed by atoms with E-state index in [1.807, 2.05) is 32.2 Å². The minimum absolute atomic E-state index is 0.542. The van der Waals surface area contributed by atoms with Crippen molar-refractivity contribution >= 4 is 0 Å². The van der Waals surface area contributed by atoms with Crippen molar-refractivity contribution in [3.05, 3.63) is 23.8 Å². The van der Waals surface area contributed by atoms with Crippen LogP contribution in [-0.2, 0) is 11.3 Å². The topological polar surface area (TPSA) is 39.7 Å². The SMILES string of the molecule is CCCOCCOc1c(CNC)cccc1OCC. The molecule has 108 valence electrons. The summed E-state index contributed by atoms with van der Waals surface area (Å²) in [6.07, 6.45) is 1.03. The lowest BCUT2D eigenvalue weighted by Gasteiger charge is -2.16. The molecule has 0 saturated carbocycles. The second-order valence-electron chi connectivity index (χ2n) is 4.17. The molecule has 0 fully saturated rings. The Labute approximate surface area is 116 Å². The van der Waals surface area contributed by atoms with Gasteiger partial charge < -0.3 is 19.5 Å². The molecule has 1 N–H and O–H groups in total. The molecule has 0 radical (unpaired) electrons. The van der Waals surface area contributed by atoms with Gasteiger partial charge in [0.05, 0.1) is 13.2 Å². The summed E-state index contributed by atoms with van der Waals surface area (Å²) in [5.41, 5.74) is 1.10. The molecule has 1 aromatic carbocycles. The summed E-state index contributed by atoms with van der Waals surface area (Å²) in [6, 6.07) is 5.96. The standard InChI is InChI=1S/C15H25NO3/c1-4-9-17-10-11-19-15-13(12-16-3)7-6-8-14(15)18-5-2/h6-8,16H,4-5,9-12H2,1-3H3. The summed E-state index contributed by atoms with van der Waals surface area (Å²) in [6.45, 7) is 7.38. The Morgan fingerprint density at radius 2 is 1.89 bits per heavy atom. The van der Waals surface area contributed by atoms with E-state index in [1.54, 1.807) is 0 Å². The minimum atomic E-state index is 0.542. The zero-order valence-electron chi connectivity index (χ0n) is 12.2. The van der Waals surface area contributed by atoms with Gasteiger partial charge >= 0.3 is 0 Å². The first-order valence-electron chi connectivity index (χ1n) is 6.93. The van der Waals surface area contributed by atoms with E-state index < -0.39 is 0 Å². The zero-order valence-corrected chi connectivity index (χ0v) is 12.2. The fraction of sp³-hybridized carbons (Fsp3) is 0.600. The normalized spacial score (nSPS) is 10.5. The molecular formula is C15H25NO3. The molecule has 0 unspecified atom stereocenters. The van der Waals surface area contributed by atoms with Crippen molar-refractivity contribution in [2.24, 2.45) is 0 Å². The Kier molecular flexibility index (Phi) is 8.02. The third-order valence-electron chi connectivity index (χ3n) is 2.55. The van der Waals surface area contributed by atoms with E-state index in [0.29, 0.717) is 19.8 Å². The summed E-state index contributed by atoms with van der Waals surface area (Å²) in [7, 11) is 1.92. The Morgan fingerprint density at radius 1 is 1.05 bits per heavy atom. The van der Waals surface area contributed by atoms with Crippen LogP contribution in [0.1, 0.15) is 25.8 Å². The monoisotopic (exact) mass is 267 g/mol. The quantitative estimate of drug-likeness (QED) is 0.661. The van der Waals surface area contributed by atoms with E-state index >= 15 is 0 Å². The summed E-state index contributed by atoms with van der Waals surface area (Å²) in [5.74, 6) is 1.62. The van der Waals surface area contributed by atoms with Gasteiger partial charge in [-0.1, -0.05) is 19.1 Å². The third kappa shape index (κ3) is 5.49. The number of rotatable bonds is 10. The number of nitrogens with one attached hydrogen (secondary N) is 1. The average Bonchev–Trinajstić information content (AvgIpc) is 2.41. The molecule has 0 heterocycles. The lowest BCUT2D eigenvalue weighted by molar-refractivity contribution is 0.0988. The fourth-order valence-corrected chi connectivity index (χ4v) is 1.77. The summed E-state index contributed by atoms with van der Waals surface area (Å²) >= 11 is 0. The van der Waals surface area contributed by atoms with Crippen LogP contribution in [0, 0.1) is 0 Å². The van der Waals surface area contributed by atoms with E-state index in [1.165, 1.54) is 0 Å². The molecule has 0 saturated heterocycles. The Hall–Kier alpha value is -1.26. The molecule has 0 aliphatic carbocycles. The van der Waals surface area contributed by atoms with E-state index in [9.17, 15) is 0 Å². The largest absolute Gasteiger partial charge is 0.490 e. The highest BCUT2D eigenvalue weighted by molar-refractivity contribution is 5.46. The van der Waals surface area contributed by atoms with Gasteiger partial charge in [0.2, 0.25) is 0 Å². The number of hydrogen-bond donors (Lipinski definition) is 1. The van der Waals surface area contributed by atoms with Crippen molar-refractivity contribution in [1.29, 1.82) is 0 Å². The smallest absolute Gasteiger partial charge is 0.165 e. The highest BCUT2D eigenvalue weighted by Crippen LogP contribution is 2.31. The van der Waals surface area contributed by atoms with Crippen LogP contribution in [0.4, 0.5) is 0 Å². The Morgan fingerprint density at radius 3 is 2.58 bits per heavy atom. The van der Waals surface area contributed by atoms with Gasteiger partial charge in [0.15, 0.2) is 11.5 Å². The van der Waals surface area contributed by atoms with Crippen LogP contribution in [0.15, 0.2) is 18.2 Å². The number of ether oxygens (including phenoxy) is 3. The average molecular weight is 267 g/mol. The van der Waals surface area contributed by atoms with Gasteiger partial charge in [-0.2, -0.15) is 0 Å². The Balaban J connectivity index is 2.64. The molecule has 0 spiro atoms. The molecule has 0 aliphatic heterocycles. The Bertz CT molecular complexity index is 331. The summed E-state index contributed by atoms with van der Waals surface area (Å²) in [4.78, 5) is 0. The molecular weight excluding hydrogens is 242 g/mol. The van der Waals surface area contributed by atoms with Gasteiger partial charge in [-0.25, -0.2) is 0 Å². The van der Waals surface area contributed by atoms with Gasteiger partial charge in [0.1, 0.15) is 6.61 Å². The molecule has 4 heteroatoms. The van der Waals surface area contributed by atoms with Crippen LogP contribution in [0.3, 0.4) is 0 Å². The van der Waals surface area contributed by atoms with Crippen LogP contribution in [0.2, 0.25) is 0 Å². The van der Waals surface area contributed by atoms with Gasteiger partial charge in [-0.05, 0) is 26.5 Å². The molecule has 0 aliphatic rings. The lowest BCUT2D eigenvalue weighted by atomic mass is 10.2. The maximum Gasteiger partial charge on any atom is 0.165 e. The van der Waals surface area contributed by atoms with Crippen LogP contribution >= 0.6 is 0 Å². The van der Waals surface area contributed by atoms with E-state index in [-0.39, 0.29) is 0 Å². The van der Waals surface area contributed by atoms with E-state index in [0.717, 1.165) is 36.6 Å². The molecule has 0 aromatic heterocycles. The first-order valence-corrected chi connectivity index (χ1v) is 6.93. The van der Waals surface area contributed by atoms with Crippen molar-refractivity contribution in [3.63, 3.8) is 0 Å². The van der Waals surface area contributed by atoms with Crippen molar-refractivity contribution in [1.82, 2.24) is 5.32 Å². The van der Waals surface area contributed by atoms with Crippen molar-refractivity contribution in [3.8, 4) is 11.5 Å². The highest BCUT2D eigenvalue weighted by Gasteiger charge is 2.10.